The zero-order valence-electron chi connectivity index (χ0n) is 11.7. The van der Waals surface area contributed by atoms with Gasteiger partial charge in [0, 0.05) is 3.57 Å². The molecule has 2 aromatic rings. The summed E-state index contributed by atoms with van der Waals surface area (Å²) in [6, 6.07) is 15.0. The first-order valence-electron chi connectivity index (χ1n) is 6.59. The first-order chi connectivity index (χ1) is 10.7. The van der Waals surface area contributed by atoms with Crippen molar-refractivity contribution in [1.82, 2.24) is 0 Å². The molecule has 4 nitrogen and oxygen atoms in total. The molecule has 1 aliphatic heterocycles. The predicted octanol–water partition coefficient (Wildman–Crippen LogP) is 3.64. The van der Waals surface area contributed by atoms with Gasteiger partial charge >= 0.3 is 5.97 Å². The van der Waals surface area contributed by atoms with Crippen LogP contribution in [0.2, 0.25) is 0 Å². The lowest BCUT2D eigenvalue weighted by molar-refractivity contribution is -0.129. The van der Waals surface area contributed by atoms with Crippen molar-refractivity contribution in [2.45, 2.75) is 0 Å². The SMILES string of the molecule is COc1ccc(C=C2N=C(c3ccccc3I)OC2=O)cc1. The smallest absolute Gasteiger partial charge is 0.363 e. The van der Waals surface area contributed by atoms with E-state index in [1.165, 1.54) is 0 Å². The molecule has 0 aliphatic carbocycles. The minimum absolute atomic E-state index is 0.291. The van der Waals surface area contributed by atoms with Gasteiger partial charge in [0.1, 0.15) is 5.75 Å². The lowest BCUT2D eigenvalue weighted by Crippen LogP contribution is -2.06. The highest BCUT2D eigenvalue weighted by Gasteiger charge is 2.25. The summed E-state index contributed by atoms with van der Waals surface area (Å²) < 4.78 is 11.4. The van der Waals surface area contributed by atoms with Gasteiger partial charge < -0.3 is 9.47 Å². The van der Waals surface area contributed by atoms with Crippen molar-refractivity contribution in [1.29, 1.82) is 0 Å². The van der Waals surface area contributed by atoms with E-state index >= 15 is 0 Å². The van der Waals surface area contributed by atoms with Crippen LogP contribution in [0, 0.1) is 3.57 Å². The third kappa shape index (κ3) is 3.04. The summed E-state index contributed by atoms with van der Waals surface area (Å²) in [6.45, 7) is 0. The topological polar surface area (TPSA) is 47.9 Å². The molecular weight excluding hydrogens is 393 g/mol. The fraction of sp³-hybridized carbons (Fsp3) is 0.0588. The summed E-state index contributed by atoms with van der Waals surface area (Å²) >= 11 is 2.19. The van der Waals surface area contributed by atoms with Crippen LogP contribution in [0.15, 0.2) is 59.2 Å². The summed E-state index contributed by atoms with van der Waals surface area (Å²) in [5, 5.41) is 0. The van der Waals surface area contributed by atoms with Crippen molar-refractivity contribution >= 4 is 40.5 Å². The van der Waals surface area contributed by atoms with E-state index in [0.29, 0.717) is 11.6 Å². The highest BCUT2D eigenvalue weighted by Crippen LogP contribution is 2.22. The van der Waals surface area contributed by atoms with Crippen LogP contribution in [0.1, 0.15) is 11.1 Å². The van der Waals surface area contributed by atoms with E-state index in [1.54, 1.807) is 13.2 Å². The van der Waals surface area contributed by atoms with Crippen LogP contribution in [0.25, 0.3) is 6.08 Å². The van der Waals surface area contributed by atoms with Gasteiger partial charge in [-0.3, -0.25) is 0 Å². The van der Waals surface area contributed by atoms with Gasteiger partial charge in [-0.1, -0.05) is 24.3 Å². The normalized spacial score (nSPS) is 15.6. The van der Waals surface area contributed by atoms with E-state index in [-0.39, 0.29) is 0 Å². The number of halogens is 1. The number of hydrogen-bond donors (Lipinski definition) is 0. The average molecular weight is 405 g/mol. The molecule has 1 heterocycles. The minimum atomic E-state index is -0.439. The average Bonchev–Trinajstić information content (AvgIpc) is 2.89. The van der Waals surface area contributed by atoms with Crippen LogP contribution < -0.4 is 4.74 Å². The molecule has 0 aromatic heterocycles. The van der Waals surface area contributed by atoms with Gasteiger partial charge in [-0.25, -0.2) is 9.79 Å². The van der Waals surface area contributed by atoms with E-state index in [2.05, 4.69) is 27.6 Å². The van der Waals surface area contributed by atoms with Gasteiger partial charge in [-0.2, -0.15) is 0 Å². The molecule has 22 heavy (non-hydrogen) atoms. The lowest BCUT2D eigenvalue weighted by Gasteiger charge is -2.01. The Hall–Kier alpha value is -2.15. The second-order valence-electron chi connectivity index (χ2n) is 4.59. The number of ether oxygens (including phenoxy) is 2. The summed E-state index contributed by atoms with van der Waals surface area (Å²) in [4.78, 5) is 16.3. The Morgan fingerprint density at radius 3 is 2.55 bits per heavy atom. The third-order valence-electron chi connectivity index (χ3n) is 3.14. The number of esters is 1. The number of benzene rings is 2. The van der Waals surface area contributed by atoms with Crippen LogP contribution in [0.3, 0.4) is 0 Å². The molecule has 0 saturated carbocycles. The van der Waals surface area contributed by atoms with Crippen molar-refractivity contribution < 1.29 is 14.3 Å². The van der Waals surface area contributed by atoms with Crippen molar-refractivity contribution in [2.24, 2.45) is 4.99 Å². The predicted molar refractivity (Wildman–Crippen MR) is 92.8 cm³/mol. The van der Waals surface area contributed by atoms with Crippen molar-refractivity contribution in [3.8, 4) is 5.75 Å². The van der Waals surface area contributed by atoms with Crippen LogP contribution in [-0.2, 0) is 9.53 Å². The molecule has 0 spiro atoms. The standard InChI is InChI=1S/C17H12INO3/c1-21-12-8-6-11(7-9-12)10-15-17(20)22-16(19-15)13-4-2-3-5-14(13)18/h2-10H,1H3. The van der Waals surface area contributed by atoms with E-state index in [4.69, 9.17) is 9.47 Å². The maximum absolute atomic E-state index is 12.0. The van der Waals surface area contributed by atoms with E-state index in [0.717, 1.165) is 20.4 Å². The maximum atomic E-state index is 12.0. The minimum Gasteiger partial charge on any atom is -0.497 e. The molecule has 0 bridgehead atoms. The Labute approximate surface area is 141 Å². The highest BCUT2D eigenvalue weighted by molar-refractivity contribution is 14.1. The monoisotopic (exact) mass is 405 g/mol. The summed E-state index contributed by atoms with van der Waals surface area (Å²) in [6.07, 6.45) is 1.70. The first-order valence-corrected chi connectivity index (χ1v) is 7.67. The van der Waals surface area contributed by atoms with Gasteiger partial charge in [-0.15, -0.1) is 0 Å². The van der Waals surface area contributed by atoms with E-state index in [9.17, 15) is 4.79 Å². The molecule has 2 aromatic carbocycles. The number of nitrogens with zero attached hydrogens (tertiary/aromatic N) is 1. The molecule has 110 valence electrons. The Bertz CT molecular complexity index is 779. The molecule has 0 amide bonds. The molecule has 0 unspecified atom stereocenters. The third-order valence-corrected chi connectivity index (χ3v) is 4.08. The number of methoxy groups -OCH3 is 1. The summed E-state index contributed by atoms with van der Waals surface area (Å²) in [7, 11) is 1.61. The lowest BCUT2D eigenvalue weighted by atomic mass is 10.2. The van der Waals surface area contributed by atoms with Crippen LogP contribution in [0.4, 0.5) is 0 Å². The molecular formula is C17H12INO3. The zero-order valence-corrected chi connectivity index (χ0v) is 13.9. The fourth-order valence-electron chi connectivity index (χ4n) is 2.02. The number of cyclic esters (lactones) is 1. The molecule has 0 fully saturated rings. The largest absolute Gasteiger partial charge is 0.497 e. The van der Waals surface area contributed by atoms with Crippen molar-refractivity contribution in [2.75, 3.05) is 7.11 Å². The van der Waals surface area contributed by atoms with Crippen LogP contribution in [-0.4, -0.2) is 19.0 Å². The molecule has 5 heteroatoms. The molecule has 0 N–H and O–H groups in total. The van der Waals surface area contributed by atoms with Crippen LogP contribution in [0.5, 0.6) is 5.75 Å². The van der Waals surface area contributed by atoms with Gasteiger partial charge in [0.2, 0.25) is 5.90 Å². The Morgan fingerprint density at radius 2 is 1.86 bits per heavy atom. The van der Waals surface area contributed by atoms with E-state index in [1.807, 2.05) is 48.5 Å². The second kappa shape index (κ2) is 6.31. The maximum Gasteiger partial charge on any atom is 0.363 e. The number of carbonyl (C=O) groups excluding carboxylic acids is 1. The van der Waals surface area contributed by atoms with Gasteiger partial charge in [0.05, 0.1) is 12.7 Å². The molecule has 0 radical (unpaired) electrons. The summed E-state index contributed by atoms with van der Waals surface area (Å²) in [5.74, 6) is 0.666. The van der Waals surface area contributed by atoms with Gasteiger partial charge in [0.25, 0.3) is 0 Å². The Kier molecular flexibility index (Phi) is 4.24. The molecule has 0 saturated heterocycles. The van der Waals surface area contributed by atoms with Gasteiger partial charge in [-0.05, 0) is 58.5 Å². The number of carbonyl (C=O) groups is 1. The number of rotatable bonds is 3. The quantitative estimate of drug-likeness (QED) is 0.445. The second-order valence-corrected chi connectivity index (χ2v) is 5.75. The Morgan fingerprint density at radius 1 is 1.14 bits per heavy atom. The van der Waals surface area contributed by atoms with E-state index < -0.39 is 5.97 Å². The number of aliphatic imine (C=N–C) groups is 1. The highest BCUT2D eigenvalue weighted by atomic mass is 127. The molecule has 3 rings (SSSR count). The van der Waals surface area contributed by atoms with Crippen molar-refractivity contribution in [3.05, 3.63) is 68.9 Å². The van der Waals surface area contributed by atoms with Crippen molar-refractivity contribution in [3.63, 3.8) is 0 Å². The zero-order chi connectivity index (χ0) is 15.5. The first kappa shape index (κ1) is 14.8. The summed E-state index contributed by atoms with van der Waals surface area (Å²) in [5.41, 5.74) is 1.97. The number of hydrogen-bond acceptors (Lipinski definition) is 4. The Balaban J connectivity index is 1.92. The molecule has 1 aliphatic rings. The van der Waals surface area contributed by atoms with Crippen LogP contribution >= 0.6 is 22.6 Å². The fourth-order valence-corrected chi connectivity index (χ4v) is 2.64. The van der Waals surface area contributed by atoms with Gasteiger partial charge in [0.15, 0.2) is 5.70 Å². The molecule has 0 atom stereocenters.